The highest BCUT2D eigenvalue weighted by Crippen LogP contribution is 2.33. The van der Waals surface area contributed by atoms with Crippen molar-refractivity contribution >= 4 is 46.0 Å². The Balaban J connectivity index is 2.29. The number of aliphatic hydroxyl groups excluding tert-OH is 3. The lowest BCUT2D eigenvalue weighted by Crippen LogP contribution is -2.67. The molecule has 0 unspecified atom stereocenters. The first-order valence-electron chi connectivity index (χ1n) is 23.5. The molecule has 3 rings (SSSR count). The molecule has 1 heterocycles. The summed E-state index contributed by atoms with van der Waals surface area (Å²) in [5.41, 5.74) is -4.79. The molecule has 1 aromatic rings. The van der Waals surface area contributed by atoms with Crippen LogP contribution in [0.1, 0.15) is 109 Å². The van der Waals surface area contributed by atoms with Gasteiger partial charge in [0.05, 0.1) is 36.8 Å². The number of carbonyl (C=O) groups excluding carboxylic acids is 4. The normalized spacial score (nSPS) is 22.5. The molecular weight excluding hydrogens is 987 g/mol. The van der Waals surface area contributed by atoms with Crippen LogP contribution < -0.4 is 21.3 Å². The van der Waals surface area contributed by atoms with E-state index in [1.165, 1.54) is 18.2 Å². The summed E-state index contributed by atoms with van der Waals surface area (Å²) >= 11 is 0. The fourth-order valence-corrected chi connectivity index (χ4v) is 8.29. The molecule has 0 spiro atoms. The van der Waals surface area contributed by atoms with Gasteiger partial charge in [0.2, 0.25) is 22.3 Å². The first-order chi connectivity index (χ1) is 33.5. The SMILES string of the molecule is CC[C@@H](O)[C@H](OCCO)O[C@@H]1[C@@H](O)[C@H](O[C@H]2OC(CN(C)S(=O)(=O)c3ccccc3[N+](=O)[O-])=CC[C@H]2N=C(NC(=O)OC(C)(C)C)NC(=O)OC(C)(C)C)[C@@H](NC(=O)OC(C)(C)C)C[C@H]1NC(=O)OC(C)(C)C. The molecule has 0 aromatic heterocycles. The summed E-state index contributed by atoms with van der Waals surface area (Å²) in [5, 5.41) is 55.1. The Bertz CT molecular complexity index is 2200. The standard InChI is InChI=1S/C46H75N7O19S/c1-15-31(55)37(65-23-22-54)68-35-29(49-40(58)70-44(5,6)7)24-28(48-39(57)69-43(2,3)4)34(33(35)56)67-36-27(47-38(50-41(59)71-45(8,9)10)51-42(60)72-46(11,12)13)21-20-26(66-36)25-52(14)73(63,64)32-19-17-16-18-30(32)53(61)62/h16-20,27-29,31,33-37,54-56H,15,21-25H2,1-14H3,(H,48,57)(H,49,58)(H2,47,50,51,59,60)/t27-,28+,29-,31-,33+,34-,35+,36-,37-/m1/s1. The van der Waals surface area contributed by atoms with E-state index >= 15 is 0 Å². The van der Waals surface area contributed by atoms with Crippen molar-refractivity contribution in [3.63, 3.8) is 0 Å². The summed E-state index contributed by atoms with van der Waals surface area (Å²) in [5.74, 6) is -0.642. The molecule has 0 saturated heterocycles. The third kappa shape index (κ3) is 20.4. The van der Waals surface area contributed by atoms with Crippen LogP contribution in [-0.4, -0.2) is 168 Å². The molecule has 26 nitrogen and oxygen atoms in total. The van der Waals surface area contributed by atoms with Crippen LogP contribution in [0.2, 0.25) is 0 Å². The topological polar surface area (TPSA) is 344 Å². The van der Waals surface area contributed by atoms with Crippen LogP contribution in [0.15, 0.2) is 46.0 Å². The minimum atomic E-state index is -4.59. The number of guanidine groups is 1. The minimum absolute atomic E-state index is 0.0648. The summed E-state index contributed by atoms with van der Waals surface area (Å²) in [6.45, 7) is 19.5. The number of nitrogens with zero attached hydrogens (tertiary/aromatic N) is 3. The molecule has 1 fully saturated rings. The highest BCUT2D eigenvalue weighted by Gasteiger charge is 2.51. The molecule has 1 aromatic carbocycles. The van der Waals surface area contributed by atoms with E-state index in [1.54, 1.807) is 90.0 Å². The number of benzene rings is 1. The van der Waals surface area contributed by atoms with Gasteiger partial charge in [-0.3, -0.25) is 20.7 Å². The Hall–Kier alpha value is -5.42. The van der Waals surface area contributed by atoms with E-state index in [0.717, 1.165) is 23.5 Å². The van der Waals surface area contributed by atoms with Gasteiger partial charge in [-0.2, -0.15) is 4.31 Å². The molecule has 1 aliphatic heterocycles. The van der Waals surface area contributed by atoms with Crippen molar-refractivity contribution in [3.8, 4) is 0 Å². The van der Waals surface area contributed by atoms with Gasteiger partial charge < -0.3 is 63.8 Å². The zero-order chi connectivity index (χ0) is 55.4. The molecule has 7 N–H and O–H groups in total. The summed E-state index contributed by atoms with van der Waals surface area (Å²) in [4.78, 5) is 68.4. The van der Waals surface area contributed by atoms with E-state index in [9.17, 15) is 53.0 Å². The fraction of sp³-hybridized carbons (Fsp3) is 0.717. The van der Waals surface area contributed by atoms with E-state index in [2.05, 4.69) is 26.3 Å². The summed E-state index contributed by atoms with van der Waals surface area (Å²) < 4.78 is 75.3. The maximum Gasteiger partial charge on any atom is 0.414 e. The average molecular weight is 1060 g/mol. The van der Waals surface area contributed by atoms with Crippen molar-refractivity contribution in [1.29, 1.82) is 0 Å². The second-order valence-corrected chi connectivity index (χ2v) is 23.1. The highest BCUT2D eigenvalue weighted by atomic mass is 32.2. The van der Waals surface area contributed by atoms with Crippen molar-refractivity contribution in [2.24, 2.45) is 4.99 Å². The average Bonchev–Trinajstić information content (AvgIpc) is 3.22. The van der Waals surface area contributed by atoms with Crippen LogP contribution in [0, 0.1) is 10.1 Å². The number of hydrogen-bond donors (Lipinski definition) is 7. The molecule has 27 heteroatoms. The Morgan fingerprint density at radius 1 is 0.849 bits per heavy atom. The predicted molar refractivity (Wildman–Crippen MR) is 260 cm³/mol. The van der Waals surface area contributed by atoms with Crippen LogP contribution in [-0.2, 0) is 47.9 Å². The van der Waals surface area contributed by atoms with Crippen molar-refractivity contribution < 1.29 is 85.7 Å². The monoisotopic (exact) mass is 1060 g/mol. The minimum Gasteiger partial charge on any atom is -0.466 e. The molecule has 1 aliphatic carbocycles. The first kappa shape index (κ1) is 61.9. The van der Waals surface area contributed by atoms with Crippen LogP contribution >= 0.6 is 0 Å². The molecule has 1 saturated carbocycles. The largest absolute Gasteiger partial charge is 0.466 e. The third-order valence-electron chi connectivity index (χ3n) is 9.90. The number of nitro groups is 1. The number of ether oxygens (including phenoxy) is 8. The van der Waals surface area contributed by atoms with Crippen LogP contribution in [0.25, 0.3) is 0 Å². The molecule has 4 amide bonds. The van der Waals surface area contributed by atoms with Crippen molar-refractivity contribution in [2.75, 3.05) is 26.8 Å². The van der Waals surface area contributed by atoms with Gasteiger partial charge in [-0.05, 0) is 114 Å². The van der Waals surface area contributed by atoms with Gasteiger partial charge in [-0.25, -0.2) is 32.6 Å². The molecule has 414 valence electrons. The smallest absolute Gasteiger partial charge is 0.414 e. The van der Waals surface area contributed by atoms with Gasteiger partial charge in [0.15, 0.2) is 11.2 Å². The maximum absolute atomic E-state index is 13.9. The van der Waals surface area contributed by atoms with E-state index < -0.39 is 147 Å². The number of likely N-dealkylation sites (N-methyl/N-ethyl adjacent to an activating group) is 1. The number of carbonyl (C=O) groups is 4. The number of hydrogen-bond acceptors (Lipinski definition) is 20. The molecule has 2 aliphatic rings. The first-order valence-corrected chi connectivity index (χ1v) is 25.0. The maximum atomic E-state index is 13.9. The lowest BCUT2D eigenvalue weighted by Gasteiger charge is -2.47. The third-order valence-corrected chi connectivity index (χ3v) is 11.7. The zero-order valence-electron chi connectivity index (χ0n) is 43.9. The summed E-state index contributed by atoms with van der Waals surface area (Å²) in [6.07, 6.45) is -12.9. The van der Waals surface area contributed by atoms with Crippen molar-refractivity contribution in [2.45, 2.75) is 192 Å². The summed E-state index contributed by atoms with van der Waals surface area (Å²) in [7, 11) is -3.44. The number of alkyl carbamates (subject to hydrolysis) is 4. The molecule has 0 radical (unpaired) electrons. The highest BCUT2D eigenvalue weighted by molar-refractivity contribution is 7.89. The van der Waals surface area contributed by atoms with Crippen LogP contribution in [0.4, 0.5) is 24.9 Å². The number of sulfonamides is 1. The number of nitrogens with one attached hydrogen (secondary N) is 4. The number of para-hydroxylation sites is 1. The Labute approximate surface area is 426 Å². The molecular formula is C46H75N7O19S. The Morgan fingerprint density at radius 2 is 1.34 bits per heavy atom. The van der Waals surface area contributed by atoms with E-state index in [1.807, 2.05) is 0 Å². The number of aliphatic imine (C=N–C) groups is 1. The van der Waals surface area contributed by atoms with Crippen LogP contribution in [0.5, 0.6) is 0 Å². The van der Waals surface area contributed by atoms with Crippen LogP contribution in [0.3, 0.4) is 0 Å². The van der Waals surface area contributed by atoms with E-state index in [-0.39, 0.29) is 31.6 Å². The second-order valence-electron chi connectivity index (χ2n) is 21.0. The second kappa shape index (κ2) is 25.7. The number of aliphatic hydroxyl groups is 3. The van der Waals surface area contributed by atoms with Gasteiger partial charge in [0.1, 0.15) is 58.6 Å². The van der Waals surface area contributed by atoms with E-state index in [0.29, 0.717) is 0 Å². The van der Waals surface area contributed by atoms with Crippen molar-refractivity contribution in [3.05, 3.63) is 46.2 Å². The van der Waals surface area contributed by atoms with Gasteiger partial charge in [0.25, 0.3) is 5.69 Å². The predicted octanol–water partition coefficient (Wildman–Crippen LogP) is 4.05. The lowest BCUT2D eigenvalue weighted by atomic mass is 9.83. The van der Waals surface area contributed by atoms with Gasteiger partial charge in [-0.1, -0.05) is 19.1 Å². The molecule has 73 heavy (non-hydrogen) atoms. The molecule has 9 atom stereocenters. The zero-order valence-corrected chi connectivity index (χ0v) is 44.8. The van der Waals surface area contributed by atoms with E-state index in [4.69, 9.17) is 37.9 Å². The number of amides is 4. The van der Waals surface area contributed by atoms with Gasteiger partial charge >= 0.3 is 24.4 Å². The van der Waals surface area contributed by atoms with Crippen molar-refractivity contribution in [1.82, 2.24) is 25.6 Å². The molecule has 0 bridgehead atoms. The number of nitro benzene ring substituents is 1. The Kier molecular flexibility index (Phi) is 21.8. The fourth-order valence-electron chi connectivity index (χ4n) is 7.00. The quantitative estimate of drug-likeness (QED) is 0.0289. The Morgan fingerprint density at radius 3 is 1.82 bits per heavy atom. The van der Waals surface area contributed by atoms with Gasteiger partial charge in [-0.15, -0.1) is 0 Å². The lowest BCUT2D eigenvalue weighted by molar-refractivity contribution is -0.387. The number of rotatable bonds is 17. The summed E-state index contributed by atoms with van der Waals surface area (Å²) in [6, 6.07) is 0.795. The van der Waals surface area contributed by atoms with Gasteiger partial charge in [0, 0.05) is 13.1 Å².